The predicted octanol–water partition coefficient (Wildman–Crippen LogP) is 1.49. The molecule has 1 atom stereocenters. The van der Waals surface area contributed by atoms with Crippen LogP contribution in [0.25, 0.3) is 16.7 Å². The molecule has 3 aromatic rings. The highest BCUT2D eigenvalue weighted by molar-refractivity contribution is 7.90. The highest BCUT2D eigenvalue weighted by Crippen LogP contribution is 2.27. The Labute approximate surface area is 164 Å². The number of benzene rings is 1. The number of ether oxygens (including phenoxy) is 1. The Balaban J connectivity index is 1.67. The van der Waals surface area contributed by atoms with Crippen LogP contribution in [0.15, 0.2) is 35.6 Å². The average Bonchev–Trinajstić information content (AvgIpc) is 3.29. The van der Waals surface area contributed by atoms with Crippen molar-refractivity contribution in [1.82, 2.24) is 24.6 Å². The quantitative estimate of drug-likeness (QED) is 0.671. The van der Waals surface area contributed by atoms with Gasteiger partial charge in [-0.3, -0.25) is 0 Å². The van der Waals surface area contributed by atoms with Gasteiger partial charge in [0.15, 0.2) is 15.5 Å². The predicted molar refractivity (Wildman–Crippen MR) is 98.4 cm³/mol. The van der Waals surface area contributed by atoms with Gasteiger partial charge in [0, 0.05) is 19.2 Å². The molecule has 1 unspecified atom stereocenters. The summed E-state index contributed by atoms with van der Waals surface area (Å²) in [5, 5.41) is 13.6. The summed E-state index contributed by atoms with van der Waals surface area (Å²) in [6.07, 6.45) is 2.80. The number of carbonyl (C=O) groups is 1. The van der Waals surface area contributed by atoms with Crippen LogP contribution in [0.4, 0.5) is 9.18 Å². The van der Waals surface area contributed by atoms with Gasteiger partial charge in [0.2, 0.25) is 5.88 Å². The van der Waals surface area contributed by atoms with Crippen molar-refractivity contribution >= 4 is 27.0 Å². The van der Waals surface area contributed by atoms with Gasteiger partial charge in [-0.15, -0.1) is 0 Å². The first kappa shape index (κ1) is 19.1. The number of sulfone groups is 1. The van der Waals surface area contributed by atoms with Crippen molar-refractivity contribution in [2.24, 2.45) is 0 Å². The molecule has 1 aliphatic rings. The second kappa shape index (κ2) is 6.95. The third-order valence-electron chi connectivity index (χ3n) is 4.60. The molecule has 0 radical (unpaired) electrons. The van der Waals surface area contributed by atoms with Gasteiger partial charge in [0.25, 0.3) is 0 Å². The molecule has 1 amide bonds. The van der Waals surface area contributed by atoms with Crippen LogP contribution < -0.4 is 4.74 Å². The summed E-state index contributed by atoms with van der Waals surface area (Å²) in [4.78, 5) is 20.4. The van der Waals surface area contributed by atoms with Crippen LogP contribution in [-0.4, -0.2) is 69.7 Å². The molecule has 0 bridgehead atoms. The van der Waals surface area contributed by atoms with Crippen LogP contribution in [0.1, 0.15) is 6.42 Å². The van der Waals surface area contributed by atoms with Crippen LogP contribution >= 0.6 is 0 Å². The van der Waals surface area contributed by atoms with Crippen LogP contribution in [0, 0.1) is 5.82 Å². The number of nitrogens with zero attached hydrogens (tertiary/aromatic N) is 5. The Kier molecular flexibility index (Phi) is 4.57. The molecule has 1 aliphatic heterocycles. The van der Waals surface area contributed by atoms with E-state index in [4.69, 9.17) is 9.84 Å². The first-order chi connectivity index (χ1) is 13.7. The molecule has 12 heteroatoms. The van der Waals surface area contributed by atoms with Crippen molar-refractivity contribution in [2.75, 3.05) is 19.3 Å². The number of hydrogen-bond acceptors (Lipinski definition) is 7. The third-order valence-corrected chi connectivity index (χ3v) is 5.71. The highest BCUT2D eigenvalue weighted by Gasteiger charge is 2.28. The average molecular weight is 421 g/mol. The number of likely N-dealkylation sites (tertiary alicyclic amines) is 1. The van der Waals surface area contributed by atoms with E-state index in [1.165, 1.54) is 34.2 Å². The zero-order valence-electron chi connectivity index (χ0n) is 15.2. The van der Waals surface area contributed by atoms with Crippen molar-refractivity contribution in [3.05, 3.63) is 36.5 Å². The van der Waals surface area contributed by atoms with Gasteiger partial charge in [-0.2, -0.15) is 5.10 Å². The largest absolute Gasteiger partial charge is 0.472 e. The highest BCUT2D eigenvalue weighted by atomic mass is 32.2. The molecule has 2 aromatic heterocycles. The summed E-state index contributed by atoms with van der Waals surface area (Å²) in [6.45, 7) is 0.585. The van der Waals surface area contributed by atoms with E-state index >= 15 is 0 Å². The summed E-state index contributed by atoms with van der Waals surface area (Å²) >= 11 is 0. The Morgan fingerprint density at radius 2 is 2.14 bits per heavy atom. The van der Waals surface area contributed by atoms with Gasteiger partial charge in [-0.1, -0.05) is 0 Å². The van der Waals surface area contributed by atoms with Crippen molar-refractivity contribution in [3.8, 4) is 11.6 Å². The van der Waals surface area contributed by atoms with E-state index in [0.717, 1.165) is 12.3 Å². The number of rotatable bonds is 4. The number of carboxylic acid groups (broad SMARTS) is 1. The number of amides is 1. The minimum Gasteiger partial charge on any atom is -0.472 e. The standard InChI is InChI=1S/C17H16FN5O5S/c1-29(26,27)11-2-3-14(13(18)6-11)23-15-12(7-21-23)16(20-9-19-15)28-10-4-5-22(8-10)17(24)25/h2-3,6-7,9-10H,4-5,8H2,1H3,(H,24,25). The van der Waals surface area contributed by atoms with E-state index in [2.05, 4.69) is 15.1 Å². The van der Waals surface area contributed by atoms with Crippen molar-refractivity contribution in [2.45, 2.75) is 17.4 Å². The molecule has 0 aliphatic carbocycles. The lowest BCUT2D eigenvalue weighted by Gasteiger charge is -2.14. The topological polar surface area (TPSA) is 128 Å². The molecule has 4 rings (SSSR count). The lowest BCUT2D eigenvalue weighted by atomic mass is 10.3. The van der Waals surface area contributed by atoms with Gasteiger partial charge in [-0.25, -0.2) is 32.3 Å². The Morgan fingerprint density at radius 1 is 1.34 bits per heavy atom. The lowest BCUT2D eigenvalue weighted by molar-refractivity contribution is 0.145. The Hall–Kier alpha value is -3.28. The lowest BCUT2D eigenvalue weighted by Crippen LogP contribution is -2.29. The van der Waals surface area contributed by atoms with E-state index < -0.39 is 21.7 Å². The summed E-state index contributed by atoms with van der Waals surface area (Å²) in [5.74, 6) is -0.557. The van der Waals surface area contributed by atoms with Crippen LogP contribution in [0.2, 0.25) is 0 Å². The van der Waals surface area contributed by atoms with Gasteiger partial charge in [0.1, 0.15) is 29.3 Å². The number of fused-ring (bicyclic) bond motifs is 1. The first-order valence-electron chi connectivity index (χ1n) is 8.57. The third kappa shape index (κ3) is 3.58. The molecule has 29 heavy (non-hydrogen) atoms. The number of hydrogen-bond donors (Lipinski definition) is 1. The van der Waals surface area contributed by atoms with E-state index in [1.807, 2.05) is 0 Å². The molecule has 0 spiro atoms. The summed E-state index contributed by atoms with van der Waals surface area (Å²) in [6, 6.07) is 3.52. The fourth-order valence-corrected chi connectivity index (χ4v) is 3.77. The number of aromatic nitrogens is 4. The molecular weight excluding hydrogens is 405 g/mol. The Bertz CT molecular complexity index is 1210. The molecule has 152 valence electrons. The second-order valence-corrected chi connectivity index (χ2v) is 8.63. The minimum atomic E-state index is -3.55. The SMILES string of the molecule is CS(=O)(=O)c1ccc(-n2ncc3c(OC4CCN(C(=O)O)C4)ncnc32)c(F)c1. The molecule has 0 saturated carbocycles. The normalized spacial score (nSPS) is 17.0. The summed E-state index contributed by atoms with van der Waals surface area (Å²) < 4.78 is 44.8. The maximum atomic E-state index is 14.6. The van der Waals surface area contributed by atoms with Crippen molar-refractivity contribution < 1.29 is 27.4 Å². The summed E-state index contributed by atoms with van der Waals surface area (Å²) in [7, 11) is -3.55. The van der Waals surface area contributed by atoms with E-state index in [1.54, 1.807) is 0 Å². The molecule has 1 N–H and O–H groups in total. The van der Waals surface area contributed by atoms with E-state index in [0.29, 0.717) is 18.4 Å². The van der Waals surface area contributed by atoms with Crippen molar-refractivity contribution in [3.63, 3.8) is 0 Å². The smallest absolute Gasteiger partial charge is 0.407 e. The van der Waals surface area contributed by atoms with Gasteiger partial charge < -0.3 is 14.7 Å². The van der Waals surface area contributed by atoms with Crippen LogP contribution in [-0.2, 0) is 9.84 Å². The first-order valence-corrected chi connectivity index (χ1v) is 10.5. The van der Waals surface area contributed by atoms with Gasteiger partial charge in [0.05, 0.1) is 17.6 Å². The maximum absolute atomic E-state index is 14.6. The zero-order chi connectivity index (χ0) is 20.8. The number of halogens is 1. The fourth-order valence-electron chi connectivity index (χ4n) is 3.14. The maximum Gasteiger partial charge on any atom is 0.407 e. The second-order valence-electron chi connectivity index (χ2n) is 6.61. The monoisotopic (exact) mass is 421 g/mol. The fraction of sp³-hybridized carbons (Fsp3) is 0.294. The molecule has 1 fully saturated rings. The molecule has 1 aromatic carbocycles. The van der Waals surface area contributed by atoms with Crippen molar-refractivity contribution in [1.29, 1.82) is 0 Å². The molecule has 1 saturated heterocycles. The van der Waals surface area contributed by atoms with Crippen LogP contribution in [0.3, 0.4) is 0 Å². The minimum absolute atomic E-state index is 0.0231. The Morgan fingerprint density at radius 3 is 2.79 bits per heavy atom. The van der Waals surface area contributed by atoms with Gasteiger partial charge in [-0.05, 0) is 18.2 Å². The molecular formula is C17H16FN5O5S. The molecule has 3 heterocycles. The van der Waals surface area contributed by atoms with E-state index in [9.17, 15) is 17.6 Å². The van der Waals surface area contributed by atoms with E-state index in [-0.39, 0.29) is 34.8 Å². The zero-order valence-corrected chi connectivity index (χ0v) is 16.0. The van der Waals surface area contributed by atoms with Crippen LogP contribution in [0.5, 0.6) is 5.88 Å². The van der Waals surface area contributed by atoms with Gasteiger partial charge >= 0.3 is 6.09 Å². The summed E-state index contributed by atoms with van der Waals surface area (Å²) in [5.41, 5.74) is 0.295. The molecule has 10 nitrogen and oxygen atoms in total.